The second-order valence-corrected chi connectivity index (χ2v) is 6.79. The maximum absolute atomic E-state index is 12.0. The van der Waals surface area contributed by atoms with Crippen molar-refractivity contribution in [3.05, 3.63) is 0 Å². The van der Waals surface area contributed by atoms with E-state index in [2.05, 4.69) is 6.92 Å². The zero-order valence-corrected chi connectivity index (χ0v) is 11.6. The molecule has 2 atom stereocenters. The van der Waals surface area contributed by atoms with Gasteiger partial charge < -0.3 is 9.64 Å². The Bertz CT molecular complexity index is 308. The minimum Gasteiger partial charge on any atom is -0.444 e. The third kappa shape index (κ3) is 2.93. The average Bonchev–Trinajstić information content (AvgIpc) is 2.86. The van der Waals surface area contributed by atoms with Gasteiger partial charge in [0.05, 0.1) is 0 Å². The standard InChI is InChI=1S/C14H25NO2/c1-11-10-14(11)6-5-8-15(9-7-14)12(16)17-13(2,3)4/h11H,5-10H2,1-4H3/t11-,14?/m1/s1. The molecule has 0 N–H and O–H groups in total. The normalized spacial score (nSPS) is 33.4. The summed E-state index contributed by atoms with van der Waals surface area (Å²) >= 11 is 0. The van der Waals surface area contributed by atoms with Gasteiger partial charge in [0.2, 0.25) is 0 Å². The summed E-state index contributed by atoms with van der Waals surface area (Å²) in [7, 11) is 0. The van der Waals surface area contributed by atoms with Gasteiger partial charge in [0.15, 0.2) is 0 Å². The fourth-order valence-electron chi connectivity index (χ4n) is 2.97. The first-order valence-electron chi connectivity index (χ1n) is 6.80. The highest BCUT2D eigenvalue weighted by atomic mass is 16.6. The maximum Gasteiger partial charge on any atom is 0.410 e. The summed E-state index contributed by atoms with van der Waals surface area (Å²) in [5.74, 6) is 0.862. The van der Waals surface area contributed by atoms with Gasteiger partial charge in [-0.15, -0.1) is 0 Å². The Kier molecular flexibility index (Phi) is 3.13. The largest absolute Gasteiger partial charge is 0.444 e. The van der Waals surface area contributed by atoms with Crippen LogP contribution in [0.15, 0.2) is 0 Å². The van der Waals surface area contributed by atoms with Crippen molar-refractivity contribution >= 4 is 6.09 Å². The molecule has 0 aromatic heterocycles. The fraction of sp³-hybridized carbons (Fsp3) is 0.929. The second-order valence-electron chi connectivity index (χ2n) is 6.79. The minimum absolute atomic E-state index is 0.136. The van der Waals surface area contributed by atoms with Crippen LogP contribution in [-0.2, 0) is 4.74 Å². The number of hydrogen-bond acceptors (Lipinski definition) is 2. The van der Waals surface area contributed by atoms with Gasteiger partial charge in [-0.1, -0.05) is 6.92 Å². The molecule has 0 bridgehead atoms. The van der Waals surface area contributed by atoms with Crippen LogP contribution in [0.25, 0.3) is 0 Å². The third-order valence-electron chi connectivity index (χ3n) is 4.23. The molecule has 1 saturated carbocycles. The molecule has 1 unspecified atom stereocenters. The predicted octanol–water partition coefficient (Wildman–Crippen LogP) is 3.43. The van der Waals surface area contributed by atoms with Crippen molar-refractivity contribution in [2.45, 2.75) is 59.0 Å². The summed E-state index contributed by atoms with van der Waals surface area (Å²) in [5, 5.41) is 0. The topological polar surface area (TPSA) is 29.5 Å². The number of amides is 1. The Labute approximate surface area is 105 Å². The van der Waals surface area contributed by atoms with Gasteiger partial charge in [0.25, 0.3) is 0 Å². The molecule has 1 heterocycles. The summed E-state index contributed by atoms with van der Waals surface area (Å²) in [6.45, 7) is 9.85. The van der Waals surface area contributed by atoms with Crippen LogP contribution >= 0.6 is 0 Å². The number of carbonyl (C=O) groups excluding carboxylic acids is 1. The van der Waals surface area contributed by atoms with E-state index in [4.69, 9.17) is 4.74 Å². The van der Waals surface area contributed by atoms with Crippen molar-refractivity contribution < 1.29 is 9.53 Å². The molecule has 0 aromatic rings. The average molecular weight is 239 g/mol. The summed E-state index contributed by atoms with van der Waals surface area (Å²) in [6.07, 6.45) is 4.79. The van der Waals surface area contributed by atoms with Crippen LogP contribution < -0.4 is 0 Å². The zero-order valence-electron chi connectivity index (χ0n) is 11.6. The Morgan fingerprint density at radius 1 is 1.29 bits per heavy atom. The van der Waals surface area contributed by atoms with E-state index in [1.54, 1.807) is 0 Å². The van der Waals surface area contributed by atoms with Crippen LogP contribution in [0.2, 0.25) is 0 Å². The summed E-state index contributed by atoms with van der Waals surface area (Å²) in [4.78, 5) is 13.9. The quantitative estimate of drug-likeness (QED) is 0.648. The molecular formula is C14H25NO2. The summed E-state index contributed by atoms with van der Waals surface area (Å²) in [5.41, 5.74) is 0.185. The Morgan fingerprint density at radius 3 is 2.47 bits per heavy atom. The van der Waals surface area contributed by atoms with Gasteiger partial charge >= 0.3 is 6.09 Å². The molecule has 1 amide bonds. The van der Waals surface area contributed by atoms with Gasteiger partial charge in [0.1, 0.15) is 5.60 Å². The lowest BCUT2D eigenvalue weighted by Crippen LogP contribution is -2.37. The second kappa shape index (κ2) is 4.18. The third-order valence-corrected chi connectivity index (χ3v) is 4.23. The monoisotopic (exact) mass is 239 g/mol. The molecular weight excluding hydrogens is 214 g/mol. The molecule has 1 saturated heterocycles. The number of ether oxygens (including phenoxy) is 1. The van der Waals surface area contributed by atoms with Crippen LogP contribution in [0.5, 0.6) is 0 Å². The smallest absolute Gasteiger partial charge is 0.410 e. The Morgan fingerprint density at radius 2 is 1.94 bits per heavy atom. The number of nitrogens with zero attached hydrogens (tertiary/aromatic N) is 1. The lowest BCUT2D eigenvalue weighted by atomic mass is 9.95. The summed E-state index contributed by atoms with van der Waals surface area (Å²) in [6, 6.07) is 0. The van der Waals surface area contributed by atoms with E-state index in [0.717, 1.165) is 31.8 Å². The van der Waals surface area contributed by atoms with Crippen molar-refractivity contribution in [2.24, 2.45) is 11.3 Å². The first-order chi connectivity index (χ1) is 7.82. The van der Waals surface area contributed by atoms with Crippen molar-refractivity contribution in [1.82, 2.24) is 4.90 Å². The Balaban J connectivity index is 1.88. The fourth-order valence-corrected chi connectivity index (χ4v) is 2.97. The van der Waals surface area contributed by atoms with E-state index in [-0.39, 0.29) is 11.7 Å². The van der Waals surface area contributed by atoms with Crippen molar-refractivity contribution in [2.75, 3.05) is 13.1 Å². The molecule has 2 rings (SSSR count). The lowest BCUT2D eigenvalue weighted by molar-refractivity contribution is 0.0254. The highest BCUT2D eigenvalue weighted by Gasteiger charge is 2.50. The van der Waals surface area contributed by atoms with Crippen molar-refractivity contribution in [1.29, 1.82) is 0 Å². The van der Waals surface area contributed by atoms with E-state index < -0.39 is 0 Å². The molecule has 98 valence electrons. The Hall–Kier alpha value is -0.730. The number of carbonyl (C=O) groups is 1. The molecule has 2 fully saturated rings. The van der Waals surface area contributed by atoms with Crippen LogP contribution in [0.4, 0.5) is 4.79 Å². The van der Waals surface area contributed by atoms with Gasteiger partial charge in [-0.05, 0) is 57.8 Å². The van der Waals surface area contributed by atoms with E-state index >= 15 is 0 Å². The molecule has 1 aliphatic heterocycles. The SMILES string of the molecule is C[C@@H]1CC12CCCN(C(=O)OC(C)(C)C)CC2. The highest BCUT2D eigenvalue weighted by Crippen LogP contribution is 2.58. The number of likely N-dealkylation sites (tertiary alicyclic amines) is 1. The molecule has 0 radical (unpaired) electrons. The molecule has 3 heteroatoms. The minimum atomic E-state index is -0.381. The number of hydrogen-bond donors (Lipinski definition) is 0. The number of rotatable bonds is 0. The van der Waals surface area contributed by atoms with Gasteiger partial charge in [0, 0.05) is 13.1 Å². The highest BCUT2D eigenvalue weighted by molar-refractivity contribution is 5.68. The van der Waals surface area contributed by atoms with E-state index in [1.807, 2.05) is 25.7 Å². The maximum atomic E-state index is 12.0. The molecule has 17 heavy (non-hydrogen) atoms. The molecule has 0 aromatic carbocycles. The van der Waals surface area contributed by atoms with Crippen molar-refractivity contribution in [3.63, 3.8) is 0 Å². The lowest BCUT2D eigenvalue weighted by Gasteiger charge is -2.26. The first kappa shape index (κ1) is 12.7. The van der Waals surface area contributed by atoms with Gasteiger partial charge in [-0.25, -0.2) is 4.79 Å². The van der Waals surface area contributed by atoms with E-state index in [1.165, 1.54) is 12.8 Å². The van der Waals surface area contributed by atoms with Crippen molar-refractivity contribution in [3.8, 4) is 0 Å². The summed E-state index contributed by atoms with van der Waals surface area (Å²) < 4.78 is 5.44. The first-order valence-corrected chi connectivity index (χ1v) is 6.80. The molecule has 1 spiro atoms. The van der Waals surface area contributed by atoms with Gasteiger partial charge in [-0.3, -0.25) is 0 Å². The molecule has 1 aliphatic carbocycles. The van der Waals surface area contributed by atoms with Crippen LogP contribution in [0, 0.1) is 11.3 Å². The molecule has 2 aliphatic rings. The van der Waals surface area contributed by atoms with E-state index in [0.29, 0.717) is 5.41 Å². The molecule has 3 nitrogen and oxygen atoms in total. The van der Waals surface area contributed by atoms with Crippen LogP contribution in [0.1, 0.15) is 53.4 Å². The van der Waals surface area contributed by atoms with Crippen LogP contribution in [0.3, 0.4) is 0 Å². The van der Waals surface area contributed by atoms with Gasteiger partial charge in [-0.2, -0.15) is 0 Å². The zero-order chi connectivity index (χ0) is 12.7. The predicted molar refractivity (Wildman–Crippen MR) is 67.9 cm³/mol. The van der Waals surface area contributed by atoms with E-state index in [9.17, 15) is 4.79 Å². The van der Waals surface area contributed by atoms with Crippen LogP contribution in [-0.4, -0.2) is 29.7 Å².